The van der Waals surface area contributed by atoms with Crippen LogP contribution in [0.3, 0.4) is 0 Å². The molecule has 87 heavy (non-hydrogen) atoms. The topological polar surface area (TPSA) is 364 Å². The van der Waals surface area contributed by atoms with Gasteiger partial charge in [0, 0.05) is 49.1 Å². The Morgan fingerprint density at radius 1 is 0.736 bits per heavy atom. The predicted molar refractivity (Wildman–Crippen MR) is 332 cm³/mol. The van der Waals surface area contributed by atoms with Crippen LogP contribution in [0.15, 0.2) is 40.2 Å². The van der Waals surface area contributed by atoms with Gasteiger partial charge in [0.1, 0.15) is 24.0 Å². The average Bonchev–Trinajstić information content (AvgIpc) is 1.70. The van der Waals surface area contributed by atoms with Crippen molar-refractivity contribution in [3.63, 3.8) is 0 Å². The Balaban J connectivity index is 2.09. The van der Waals surface area contributed by atoms with E-state index in [9.17, 15) is 42.3 Å². The number of aliphatic imine (C=N–C) groups is 1. The summed E-state index contributed by atoms with van der Waals surface area (Å²) in [6.07, 6.45) is -5.24. The maximum Gasteiger partial charge on any atom is 0.310 e. The Hall–Kier alpha value is -5.99. The highest BCUT2D eigenvalue weighted by Gasteiger charge is 2.42. The molecular formula is C62H97N7O16S2. The molecule has 0 fully saturated rings. The normalized spacial score (nSPS) is 16.7. The Morgan fingerprint density at radius 3 is 1.79 bits per heavy atom. The number of guanidine groups is 1. The van der Waals surface area contributed by atoms with E-state index in [2.05, 4.69) is 20.3 Å². The maximum atomic E-state index is 15.1. The van der Waals surface area contributed by atoms with Gasteiger partial charge >= 0.3 is 11.9 Å². The molecule has 0 saturated carbocycles. The summed E-state index contributed by atoms with van der Waals surface area (Å²) in [5.74, 6) is -10.8. The number of thioether (sulfide) groups is 1. The highest BCUT2D eigenvalue weighted by Crippen LogP contribution is 2.44. The second-order valence-electron chi connectivity index (χ2n) is 26.1. The van der Waals surface area contributed by atoms with Gasteiger partial charge in [-0.15, -0.1) is 11.8 Å². The fourth-order valence-electron chi connectivity index (χ4n) is 10.3. The number of hydrogen-bond donors (Lipinski definition) is 7. The molecule has 23 nitrogen and oxygen atoms in total. The van der Waals surface area contributed by atoms with Crippen molar-refractivity contribution in [3.05, 3.63) is 58.1 Å². The number of fused-ring (bicyclic) bond motifs is 1. The lowest BCUT2D eigenvalue weighted by molar-refractivity contribution is -0.155. The second-order valence-corrected chi connectivity index (χ2v) is 28.8. The zero-order valence-corrected chi connectivity index (χ0v) is 55.6. The summed E-state index contributed by atoms with van der Waals surface area (Å²) < 4.78 is 60.8. The van der Waals surface area contributed by atoms with Crippen LogP contribution in [0.25, 0.3) is 0 Å². The molecule has 3 amide bonds. The Labute approximate surface area is 518 Å². The molecular weight excluding hydrogens is 1160 g/mol. The molecule has 9 atom stereocenters. The molecule has 0 radical (unpaired) electrons. The van der Waals surface area contributed by atoms with Gasteiger partial charge in [-0.3, -0.25) is 43.3 Å². The number of esters is 1. The highest BCUT2D eigenvalue weighted by molar-refractivity contribution is 8.00. The van der Waals surface area contributed by atoms with E-state index in [0.717, 1.165) is 22.9 Å². The van der Waals surface area contributed by atoms with Gasteiger partial charge in [-0.25, -0.2) is 13.1 Å². The number of ether oxygens (including phenoxy) is 5. The number of carboxylic acid groups (broad SMARTS) is 1. The molecule has 2 aromatic carbocycles. The highest BCUT2D eigenvalue weighted by atomic mass is 32.2. The minimum Gasteiger partial charge on any atom is -0.487 e. The van der Waals surface area contributed by atoms with Crippen molar-refractivity contribution in [2.75, 3.05) is 18.1 Å². The molecule has 0 unspecified atom stereocenters. The van der Waals surface area contributed by atoms with Crippen LogP contribution in [0.4, 0.5) is 0 Å². The Bertz CT molecular complexity index is 2920. The van der Waals surface area contributed by atoms with E-state index < -0.39 is 165 Å². The number of nitrogens with two attached hydrogens (primary N) is 3. The van der Waals surface area contributed by atoms with Crippen LogP contribution in [-0.4, -0.2) is 143 Å². The number of nitrogens with one attached hydrogen (secondary N) is 3. The lowest BCUT2D eigenvalue weighted by Crippen LogP contribution is -2.55. The summed E-state index contributed by atoms with van der Waals surface area (Å²) in [6.45, 7) is 29.1. The fourth-order valence-corrected chi connectivity index (χ4v) is 12.6. The van der Waals surface area contributed by atoms with Gasteiger partial charge in [0.25, 0.3) is 10.0 Å². The van der Waals surface area contributed by atoms with E-state index >= 15 is 9.59 Å². The quantitative estimate of drug-likeness (QED) is 0.0189. The van der Waals surface area contributed by atoms with Crippen LogP contribution < -0.4 is 37.3 Å². The molecule has 0 bridgehead atoms. The first-order valence-electron chi connectivity index (χ1n) is 29.3. The van der Waals surface area contributed by atoms with Crippen molar-refractivity contribution in [3.8, 4) is 5.75 Å². The lowest BCUT2D eigenvalue weighted by Gasteiger charge is -2.35. The molecule has 0 aliphatic carbocycles. The van der Waals surface area contributed by atoms with E-state index in [4.69, 9.17) is 40.9 Å². The molecule has 1 heterocycles. The number of aliphatic carboxylic acids is 1. The number of hydrogen-bond acceptors (Lipinski definition) is 18. The predicted octanol–water partition coefficient (Wildman–Crippen LogP) is 5.77. The monoisotopic (exact) mass is 1260 g/mol. The van der Waals surface area contributed by atoms with Crippen molar-refractivity contribution < 1.29 is 75.6 Å². The molecule has 0 spiro atoms. The van der Waals surface area contributed by atoms with Gasteiger partial charge in [0.05, 0.1) is 82.0 Å². The van der Waals surface area contributed by atoms with Crippen molar-refractivity contribution >= 4 is 74.8 Å². The Kier molecular flexibility index (Phi) is 27.6. The van der Waals surface area contributed by atoms with E-state index in [-0.39, 0.29) is 42.4 Å². The molecule has 0 saturated heterocycles. The van der Waals surface area contributed by atoms with Crippen LogP contribution in [0, 0.1) is 38.5 Å². The number of benzene rings is 2. The largest absolute Gasteiger partial charge is 0.487 e. The first kappa shape index (κ1) is 75.3. The summed E-state index contributed by atoms with van der Waals surface area (Å²) in [7, 11) is -4.33. The first-order chi connectivity index (χ1) is 39.9. The fraction of sp³-hybridized carbons (Fsp3) is 0.661. The molecule has 2 aromatic rings. The number of primary amides is 1. The van der Waals surface area contributed by atoms with Crippen LogP contribution in [0.5, 0.6) is 5.75 Å². The molecule has 488 valence electrons. The zero-order valence-electron chi connectivity index (χ0n) is 53.9. The van der Waals surface area contributed by atoms with E-state index in [1.54, 1.807) is 127 Å². The number of sulfonamides is 1. The van der Waals surface area contributed by atoms with Crippen molar-refractivity contribution in [1.29, 1.82) is 0 Å². The van der Waals surface area contributed by atoms with Gasteiger partial charge in [-0.05, 0) is 147 Å². The summed E-state index contributed by atoms with van der Waals surface area (Å²) >= 11 is 1.06. The standard InChI is InChI=1S/C62H97N7O16S2/c1-34-35(2)54(36(3)53-44(34)30-62(16,17)85-53)87(79,80)69-58(65)66-25-21-24-46(48(71)26-41(27-51(74)75)57(78)81-31-40-22-19-18-20-23-40)67-55(76)43(38(5)83-60(10,11)12)29-49(72)52(39(6)84-61(13,14)15)68-56(77)42(37(4)82-59(7,8)9)28-47(70)45(63)32-86-33-50(64)73/h18-20,22-23,37-39,41-43,45-46,52H,21,24-33,63H2,1-17H3,(H2,64,73)(H,67,76)(H,68,77)(H,74,75)(H3,65,66,69)/t37-,38-,39-,41+,42+,43+,45+,46+,52+/m1/s1. The minimum atomic E-state index is -4.33. The number of rotatable bonds is 34. The Morgan fingerprint density at radius 2 is 1.26 bits per heavy atom. The number of carboxylic acids is 1. The summed E-state index contributed by atoms with van der Waals surface area (Å²) in [4.78, 5) is 114. The molecule has 0 aromatic heterocycles. The third kappa shape index (κ3) is 24.8. The first-order valence-corrected chi connectivity index (χ1v) is 32.0. The second kappa shape index (κ2) is 32.0. The van der Waals surface area contributed by atoms with Gasteiger partial charge < -0.3 is 56.6 Å². The summed E-state index contributed by atoms with van der Waals surface area (Å²) in [5.41, 5.74) is 17.8. The SMILES string of the molecule is Cc1c(C)c(S(=O)(=O)NC(N)=NCCC[C@H](NC(=O)[C@@H](CC(=O)[C@@H](NC(=O)[C@@H](CC(=O)[C@@H](N)CSCC(N)=O)[C@@H](C)OC(C)(C)C)[C@@H](C)OC(C)(C)C)[C@@H](C)OC(C)(C)C)C(=O)C[C@@H](CC(=O)O)C(=O)OCc2ccccc2)c(C)c2c1CC(C)(C)O2. The van der Waals surface area contributed by atoms with Crippen LogP contribution >= 0.6 is 11.8 Å². The molecule has 1 aliphatic rings. The minimum absolute atomic E-state index is 0.0178. The number of ketones is 3. The van der Waals surface area contributed by atoms with Crippen molar-refractivity contribution in [1.82, 2.24) is 15.4 Å². The van der Waals surface area contributed by atoms with E-state index in [1.165, 1.54) is 0 Å². The molecule has 1 aliphatic heterocycles. The van der Waals surface area contributed by atoms with Crippen LogP contribution in [-0.2, 0) is 80.4 Å². The number of amides is 3. The number of Topliss-reactive ketones (excluding diaryl/α,β-unsaturated/α-hetero) is 3. The molecule has 3 rings (SSSR count). The maximum absolute atomic E-state index is 15.1. The third-order valence-electron chi connectivity index (χ3n) is 14.2. The summed E-state index contributed by atoms with van der Waals surface area (Å²) in [6, 6.07) is 4.56. The number of nitrogens with zero attached hydrogens (tertiary/aromatic N) is 1. The average molecular weight is 1260 g/mol. The van der Waals surface area contributed by atoms with Crippen LogP contribution in [0.2, 0.25) is 0 Å². The summed E-state index contributed by atoms with van der Waals surface area (Å²) in [5, 5.41) is 15.5. The number of carbonyl (C=O) groups excluding carboxylic acids is 7. The number of carbonyl (C=O) groups is 8. The van der Waals surface area contributed by atoms with Crippen LogP contribution in [0.1, 0.15) is 163 Å². The van der Waals surface area contributed by atoms with Gasteiger partial charge in [-0.2, -0.15) is 0 Å². The van der Waals surface area contributed by atoms with Crippen molar-refractivity contribution in [2.45, 2.75) is 233 Å². The zero-order chi connectivity index (χ0) is 66.3. The van der Waals surface area contributed by atoms with E-state index in [0.29, 0.717) is 28.9 Å². The molecule has 10 N–H and O–H groups in total. The van der Waals surface area contributed by atoms with Crippen molar-refractivity contribution in [2.24, 2.45) is 39.9 Å². The lowest BCUT2D eigenvalue weighted by atomic mass is 9.88. The van der Waals surface area contributed by atoms with Gasteiger partial charge in [0.2, 0.25) is 23.7 Å². The van der Waals surface area contributed by atoms with Gasteiger partial charge in [0.15, 0.2) is 17.3 Å². The van der Waals surface area contributed by atoms with E-state index in [1.807, 2.05) is 20.8 Å². The third-order valence-corrected chi connectivity index (χ3v) is 16.9. The van der Waals surface area contributed by atoms with Gasteiger partial charge in [-0.1, -0.05) is 30.3 Å². The smallest absolute Gasteiger partial charge is 0.310 e. The molecule has 25 heteroatoms.